The molecule has 1 aliphatic carbocycles. The minimum absolute atomic E-state index is 0.108. The monoisotopic (exact) mass is 345 g/mol. The molecule has 1 aliphatic heterocycles. The molecule has 0 bridgehead atoms. The number of esters is 1. The van der Waals surface area contributed by atoms with Crippen LogP contribution in [0.25, 0.3) is 0 Å². The van der Waals surface area contributed by atoms with Gasteiger partial charge in [-0.25, -0.2) is 9.59 Å². The smallest absolute Gasteiger partial charge is 0.411 e. The molecule has 0 aromatic heterocycles. The summed E-state index contributed by atoms with van der Waals surface area (Å²) in [5.74, 6) is 0.102. The topological polar surface area (TPSA) is 55.8 Å². The number of benzene rings is 1. The second-order valence-corrected chi connectivity index (χ2v) is 6.98. The second kappa shape index (κ2) is 8.37. The number of fused-ring (bicyclic) bond motifs is 1. The number of rotatable bonds is 5. The van der Waals surface area contributed by atoms with Gasteiger partial charge in [0.2, 0.25) is 0 Å². The van der Waals surface area contributed by atoms with Crippen LogP contribution in [-0.2, 0) is 20.9 Å². The molecule has 3 unspecified atom stereocenters. The van der Waals surface area contributed by atoms with Gasteiger partial charge in [-0.3, -0.25) is 4.90 Å². The molecule has 0 spiro atoms. The molecular formula is C20H27NO4. The SMILES string of the molecule is CCCOC(=O)C1CC2CCCCC2N1C(=O)OCc1ccccc1. The Kier molecular flexibility index (Phi) is 5.95. The normalized spacial score (nSPS) is 25.3. The van der Waals surface area contributed by atoms with E-state index >= 15 is 0 Å². The fourth-order valence-electron chi connectivity index (χ4n) is 4.03. The zero-order chi connectivity index (χ0) is 17.6. The third-order valence-electron chi connectivity index (χ3n) is 5.22. The molecule has 2 fully saturated rings. The molecule has 136 valence electrons. The summed E-state index contributed by atoms with van der Waals surface area (Å²) in [6, 6.07) is 9.22. The average Bonchev–Trinajstić information content (AvgIpc) is 3.04. The highest BCUT2D eigenvalue weighted by Gasteiger charge is 2.48. The van der Waals surface area contributed by atoms with Crippen molar-refractivity contribution in [3.8, 4) is 0 Å². The van der Waals surface area contributed by atoms with Crippen molar-refractivity contribution in [1.82, 2.24) is 4.90 Å². The minimum atomic E-state index is -0.497. The molecular weight excluding hydrogens is 318 g/mol. The van der Waals surface area contributed by atoms with Gasteiger partial charge in [0.15, 0.2) is 0 Å². The first-order valence-electron chi connectivity index (χ1n) is 9.36. The number of nitrogens with zero attached hydrogens (tertiary/aromatic N) is 1. The van der Waals surface area contributed by atoms with Crippen LogP contribution in [-0.4, -0.2) is 35.7 Å². The van der Waals surface area contributed by atoms with Gasteiger partial charge in [-0.05, 0) is 37.2 Å². The van der Waals surface area contributed by atoms with E-state index in [1.54, 1.807) is 4.90 Å². The average molecular weight is 345 g/mol. The molecule has 0 radical (unpaired) electrons. The van der Waals surface area contributed by atoms with E-state index in [0.29, 0.717) is 18.9 Å². The number of carbonyl (C=O) groups is 2. The van der Waals surface area contributed by atoms with Crippen molar-refractivity contribution in [3.05, 3.63) is 35.9 Å². The Morgan fingerprint density at radius 3 is 2.64 bits per heavy atom. The van der Waals surface area contributed by atoms with Crippen molar-refractivity contribution in [3.63, 3.8) is 0 Å². The number of carbonyl (C=O) groups excluding carboxylic acids is 2. The first kappa shape index (κ1) is 17.8. The van der Waals surface area contributed by atoms with Crippen molar-refractivity contribution in [2.75, 3.05) is 6.61 Å². The summed E-state index contributed by atoms with van der Waals surface area (Å²) in [7, 11) is 0. The van der Waals surface area contributed by atoms with Crippen LogP contribution in [0.4, 0.5) is 4.79 Å². The molecule has 1 saturated carbocycles. The summed E-state index contributed by atoms with van der Waals surface area (Å²) in [4.78, 5) is 26.9. The van der Waals surface area contributed by atoms with Crippen LogP contribution in [0, 0.1) is 5.92 Å². The summed E-state index contributed by atoms with van der Waals surface area (Å²) in [5, 5.41) is 0. The van der Waals surface area contributed by atoms with E-state index < -0.39 is 12.1 Å². The van der Waals surface area contributed by atoms with Gasteiger partial charge in [-0.2, -0.15) is 0 Å². The Labute approximate surface area is 149 Å². The number of amides is 1. The van der Waals surface area contributed by atoms with E-state index in [1.807, 2.05) is 37.3 Å². The maximum absolute atomic E-state index is 12.8. The number of hydrogen-bond acceptors (Lipinski definition) is 4. The van der Waals surface area contributed by atoms with Gasteiger partial charge in [0.25, 0.3) is 0 Å². The van der Waals surface area contributed by atoms with E-state index in [0.717, 1.165) is 31.2 Å². The molecule has 1 aromatic rings. The lowest BCUT2D eigenvalue weighted by Gasteiger charge is -2.32. The van der Waals surface area contributed by atoms with Crippen molar-refractivity contribution in [1.29, 1.82) is 0 Å². The molecule has 0 N–H and O–H groups in total. The van der Waals surface area contributed by atoms with Crippen LogP contribution >= 0.6 is 0 Å². The maximum atomic E-state index is 12.8. The summed E-state index contributed by atoms with van der Waals surface area (Å²) in [6.45, 7) is 2.59. The Morgan fingerprint density at radius 2 is 1.88 bits per heavy atom. The maximum Gasteiger partial charge on any atom is 0.411 e. The van der Waals surface area contributed by atoms with Gasteiger partial charge in [0.05, 0.1) is 6.61 Å². The zero-order valence-electron chi connectivity index (χ0n) is 14.9. The van der Waals surface area contributed by atoms with Crippen LogP contribution in [0.15, 0.2) is 30.3 Å². The van der Waals surface area contributed by atoms with Crippen molar-refractivity contribution in [2.45, 2.75) is 64.1 Å². The predicted octanol–water partition coefficient (Wildman–Crippen LogP) is 3.91. The molecule has 3 atom stereocenters. The minimum Gasteiger partial charge on any atom is -0.464 e. The van der Waals surface area contributed by atoms with Crippen LogP contribution in [0.3, 0.4) is 0 Å². The molecule has 1 aromatic carbocycles. The third-order valence-corrected chi connectivity index (χ3v) is 5.22. The Bertz CT molecular complexity index is 589. The molecule has 25 heavy (non-hydrogen) atoms. The molecule has 2 aliphatic rings. The Balaban J connectivity index is 1.69. The van der Waals surface area contributed by atoms with Gasteiger partial charge >= 0.3 is 12.1 Å². The number of likely N-dealkylation sites (tertiary alicyclic amines) is 1. The largest absolute Gasteiger partial charge is 0.464 e. The fourth-order valence-corrected chi connectivity index (χ4v) is 4.03. The molecule has 1 saturated heterocycles. The van der Waals surface area contributed by atoms with Crippen LogP contribution in [0.1, 0.15) is 51.0 Å². The van der Waals surface area contributed by atoms with E-state index in [9.17, 15) is 9.59 Å². The standard InChI is InChI=1S/C20H27NO4/c1-2-12-24-19(22)18-13-16-10-6-7-11-17(16)21(18)20(23)25-14-15-8-4-3-5-9-15/h3-5,8-9,16-18H,2,6-7,10-14H2,1H3. The van der Waals surface area contributed by atoms with Gasteiger partial charge in [-0.1, -0.05) is 50.1 Å². The second-order valence-electron chi connectivity index (χ2n) is 6.98. The Morgan fingerprint density at radius 1 is 1.12 bits per heavy atom. The lowest BCUT2D eigenvalue weighted by molar-refractivity contribution is -0.149. The summed E-state index contributed by atoms with van der Waals surface area (Å²) < 4.78 is 10.9. The molecule has 3 rings (SSSR count). The summed E-state index contributed by atoms with van der Waals surface area (Å²) in [5.41, 5.74) is 0.945. The third kappa shape index (κ3) is 4.14. The van der Waals surface area contributed by atoms with Crippen molar-refractivity contribution >= 4 is 12.1 Å². The van der Waals surface area contributed by atoms with Crippen LogP contribution < -0.4 is 0 Å². The Hall–Kier alpha value is -2.04. The van der Waals surface area contributed by atoms with E-state index in [1.165, 1.54) is 6.42 Å². The van der Waals surface area contributed by atoms with Gasteiger partial charge < -0.3 is 9.47 Å². The lowest BCUT2D eigenvalue weighted by atomic mass is 9.85. The van der Waals surface area contributed by atoms with Crippen molar-refractivity contribution in [2.24, 2.45) is 5.92 Å². The summed E-state index contributed by atoms with van der Waals surface area (Å²) in [6.07, 6.45) is 5.38. The number of ether oxygens (including phenoxy) is 2. The number of hydrogen-bond donors (Lipinski definition) is 0. The zero-order valence-corrected chi connectivity index (χ0v) is 14.9. The first-order chi connectivity index (χ1) is 12.2. The molecule has 5 nitrogen and oxygen atoms in total. The van der Waals surface area contributed by atoms with E-state index in [2.05, 4.69) is 0 Å². The van der Waals surface area contributed by atoms with E-state index in [4.69, 9.17) is 9.47 Å². The lowest BCUT2D eigenvalue weighted by Crippen LogP contribution is -2.47. The van der Waals surface area contributed by atoms with Crippen LogP contribution in [0.2, 0.25) is 0 Å². The highest BCUT2D eigenvalue weighted by atomic mass is 16.6. The quantitative estimate of drug-likeness (QED) is 0.759. The highest BCUT2D eigenvalue weighted by Crippen LogP contribution is 2.40. The summed E-state index contributed by atoms with van der Waals surface area (Å²) >= 11 is 0. The van der Waals surface area contributed by atoms with Crippen LogP contribution in [0.5, 0.6) is 0 Å². The van der Waals surface area contributed by atoms with Gasteiger partial charge in [-0.15, -0.1) is 0 Å². The van der Waals surface area contributed by atoms with Gasteiger partial charge in [0, 0.05) is 6.04 Å². The molecule has 1 amide bonds. The predicted molar refractivity (Wildman–Crippen MR) is 93.9 cm³/mol. The highest BCUT2D eigenvalue weighted by molar-refractivity contribution is 5.82. The van der Waals surface area contributed by atoms with Gasteiger partial charge in [0.1, 0.15) is 12.6 Å². The van der Waals surface area contributed by atoms with Crippen molar-refractivity contribution < 1.29 is 19.1 Å². The van der Waals surface area contributed by atoms with E-state index in [-0.39, 0.29) is 18.6 Å². The first-order valence-corrected chi connectivity index (χ1v) is 9.36. The molecule has 5 heteroatoms. The molecule has 1 heterocycles. The fraction of sp³-hybridized carbons (Fsp3) is 0.600.